The van der Waals surface area contributed by atoms with Crippen LogP contribution in [0.5, 0.6) is 0 Å². The third-order valence-electron chi connectivity index (χ3n) is 2.88. The lowest BCUT2D eigenvalue weighted by Crippen LogP contribution is -2.06. The number of rotatable bonds is 4. The van der Waals surface area contributed by atoms with Gasteiger partial charge in [0, 0.05) is 4.90 Å². The van der Waals surface area contributed by atoms with Crippen molar-refractivity contribution in [2.75, 3.05) is 5.73 Å². The quantitative estimate of drug-likeness (QED) is 0.821. The summed E-state index contributed by atoms with van der Waals surface area (Å²) in [4.78, 5) is 10.2. The summed E-state index contributed by atoms with van der Waals surface area (Å²) in [5.74, 6) is 2.33. The van der Waals surface area contributed by atoms with E-state index in [2.05, 4.69) is 70.9 Å². The van der Waals surface area contributed by atoms with Gasteiger partial charge in [-0.15, -0.1) is 11.8 Å². The maximum atomic E-state index is 5.94. The van der Waals surface area contributed by atoms with Crippen molar-refractivity contribution in [2.45, 2.75) is 37.3 Å². The fourth-order valence-electron chi connectivity index (χ4n) is 1.76. The Morgan fingerprint density at radius 2 is 1.85 bits per heavy atom. The molecule has 0 unspecified atom stereocenters. The number of anilines is 1. The molecule has 2 N–H and O–H groups in total. The van der Waals surface area contributed by atoms with Crippen molar-refractivity contribution in [3.8, 4) is 0 Å². The minimum absolute atomic E-state index is 0.317. The van der Waals surface area contributed by atoms with Gasteiger partial charge in [-0.2, -0.15) is 0 Å². The Labute approximate surface area is 132 Å². The van der Waals surface area contributed by atoms with E-state index in [4.69, 9.17) is 5.73 Å². The summed E-state index contributed by atoms with van der Waals surface area (Å²) in [5.41, 5.74) is 8.17. The molecule has 0 atom stereocenters. The monoisotopic (exact) mass is 351 g/mol. The second-order valence-electron chi connectivity index (χ2n) is 4.98. The van der Waals surface area contributed by atoms with E-state index in [9.17, 15) is 0 Å². The summed E-state index contributed by atoms with van der Waals surface area (Å²) in [5, 5.41) is 0. The summed E-state index contributed by atoms with van der Waals surface area (Å²) in [6, 6.07) is 8.45. The van der Waals surface area contributed by atoms with Gasteiger partial charge in [0.1, 0.15) is 11.6 Å². The molecule has 5 heteroatoms. The molecule has 2 rings (SSSR count). The minimum atomic E-state index is 0.317. The van der Waals surface area contributed by atoms with Crippen LogP contribution in [0, 0.1) is 6.92 Å². The van der Waals surface area contributed by atoms with Crippen LogP contribution >= 0.6 is 27.7 Å². The zero-order valence-electron chi connectivity index (χ0n) is 11.9. The van der Waals surface area contributed by atoms with Gasteiger partial charge in [-0.1, -0.05) is 31.5 Å². The predicted molar refractivity (Wildman–Crippen MR) is 89.0 cm³/mol. The Hall–Kier alpha value is -1.07. The number of aromatic nitrogens is 2. The summed E-state index contributed by atoms with van der Waals surface area (Å²) < 4.78 is 0.816. The molecular formula is C15H18BrN3S. The van der Waals surface area contributed by atoms with E-state index in [1.165, 1.54) is 10.5 Å². The van der Waals surface area contributed by atoms with Crippen molar-refractivity contribution < 1.29 is 0 Å². The van der Waals surface area contributed by atoms with Crippen LogP contribution in [0.3, 0.4) is 0 Å². The molecule has 2 aromatic rings. The van der Waals surface area contributed by atoms with Gasteiger partial charge in [-0.05, 0) is 40.9 Å². The van der Waals surface area contributed by atoms with Crippen molar-refractivity contribution in [3.63, 3.8) is 0 Å². The van der Waals surface area contributed by atoms with E-state index < -0.39 is 0 Å². The zero-order valence-corrected chi connectivity index (χ0v) is 14.3. The Morgan fingerprint density at radius 3 is 2.45 bits per heavy atom. The molecule has 20 heavy (non-hydrogen) atoms. The number of halogens is 1. The van der Waals surface area contributed by atoms with E-state index in [-0.39, 0.29) is 0 Å². The fourth-order valence-corrected chi connectivity index (χ4v) is 3.15. The highest BCUT2D eigenvalue weighted by Crippen LogP contribution is 2.29. The third kappa shape index (κ3) is 3.73. The second kappa shape index (κ2) is 6.59. The van der Waals surface area contributed by atoms with Gasteiger partial charge >= 0.3 is 0 Å². The number of hydrogen-bond acceptors (Lipinski definition) is 4. The molecule has 1 heterocycles. The number of benzene rings is 1. The number of nitrogens with zero attached hydrogens (tertiary/aromatic N) is 2. The first-order valence-corrected chi connectivity index (χ1v) is 8.26. The Morgan fingerprint density at radius 1 is 1.20 bits per heavy atom. The van der Waals surface area contributed by atoms with Crippen LogP contribution in [-0.2, 0) is 5.75 Å². The molecule has 0 fully saturated rings. The van der Waals surface area contributed by atoms with Crippen LogP contribution < -0.4 is 5.73 Å². The first-order valence-electron chi connectivity index (χ1n) is 6.48. The Bertz CT molecular complexity index is 597. The molecule has 1 aromatic heterocycles. The lowest BCUT2D eigenvalue weighted by Gasteiger charge is -2.11. The van der Waals surface area contributed by atoms with Gasteiger partial charge in [-0.25, -0.2) is 9.97 Å². The van der Waals surface area contributed by atoms with E-state index in [1.54, 1.807) is 11.8 Å². The highest BCUT2D eigenvalue weighted by molar-refractivity contribution is 9.10. The van der Waals surface area contributed by atoms with Crippen molar-refractivity contribution in [1.82, 2.24) is 9.97 Å². The number of nitrogens with two attached hydrogens (primary N) is 1. The van der Waals surface area contributed by atoms with Crippen LogP contribution in [0.1, 0.15) is 36.8 Å². The lowest BCUT2D eigenvalue weighted by molar-refractivity contribution is 0.794. The van der Waals surface area contributed by atoms with Gasteiger partial charge in [0.25, 0.3) is 0 Å². The van der Waals surface area contributed by atoms with Crippen LogP contribution in [-0.4, -0.2) is 9.97 Å². The first-order chi connectivity index (χ1) is 9.47. The maximum absolute atomic E-state index is 5.94. The second-order valence-corrected chi connectivity index (χ2v) is 6.82. The van der Waals surface area contributed by atoms with Gasteiger partial charge in [0.15, 0.2) is 0 Å². The predicted octanol–water partition coefficient (Wildman–Crippen LogP) is 4.55. The molecule has 0 amide bonds. The molecule has 0 bridgehead atoms. The number of thioether (sulfide) groups is 1. The maximum Gasteiger partial charge on any atom is 0.141 e. The van der Waals surface area contributed by atoms with Gasteiger partial charge in [0.2, 0.25) is 0 Å². The molecule has 3 nitrogen and oxygen atoms in total. The first kappa shape index (κ1) is 15.3. The van der Waals surface area contributed by atoms with Crippen molar-refractivity contribution in [1.29, 1.82) is 0 Å². The third-order valence-corrected chi connectivity index (χ3v) is 4.71. The Balaban J connectivity index is 2.15. The normalized spacial score (nSPS) is 11.1. The van der Waals surface area contributed by atoms with Crippen LogP contribution in [0.15, 0.2) is 33.6 Å². The number of aryl methyl sites for hydroxylation is 1. The van der Waals surface area contributed by atoms with E-state index >= 15 is 0 Å². The van der Waals surface area contributed by atoms with Crippen LogP contribution in [0.25, 0.3) is 0 Å². The summed E-state index contributed by atoms with van der Waals surface area (Å²) in [6.45, 7) is 6.29. The number of nitrogen functional groups attached to an aromatic ring is 1. The fraction of sp³-hybridized carbons (Fsp3) is 0.333. The van der Waals surface area contributed by atoms with E-state index in [1.807, 2.05) is 0 Å². The van der Waals surface area contributed by atoms with Crippen molar-refractivity contribution >= 4 is 33.5 Å². The molecule has 0 aliphatic heterocycles. The minimum Gasteiger partial charge on any atom is -0.383 e. The standard InChI is InChI=1S/C15H18BrN3S/c1-9(2)14-13(16)15(17)19-12(18-14)8-20-11-6-4-10(3)5-7-11/h4-7,9H,8H2,1-3H3,(H2,17,18,19). The topological polar surface area (TPSA) is 51.8 Å². The van der Waals surface area contributed by atoms with Crippen molar-refractivity contribution in [3.05, 3.63) is 45.8 Å². The molecule has 1 aromatic carbocycles. The van der Waals surface area contributed by atoms with Crippen LogP contribution in [0.2, 0.25) is 0 Å². The van der Waals surface area contributed by atoms with Gasteiger partial charge in [-0.3, -0.25) is 0 Å². The average Bonchev–Trinajstić information content (AvgIpc) is 2.41. The number of hydrogen-bond donors (Lipinski definition) is 1. The lowest BCUT2D eigenvalue weighted by atomic mass is 10.1. The largest absolute Gasteiger partial charge is 0.383 e. The SMILES string of the molecule is Cc1ccc(SCc2nc(N)c(Br)c(C(C)C)n2)cc1. The molecule has 0 saturated carbocycles. The summed E-state index contributed by atoms with van der Waals surface area (Å²) in [6.07, 6.45) is 0. The molecule has 0 spiro atoms. The smallest absolute Gasteiger partial charge is 0.141 e. The zero-order chi connectivity index (χ0) is 14.7. The van der Waals surface area contributed by atoms with E-state index in [0.717, 1.165) is 21.7 Å². The van der Waals surface area contributed by atoms with Gasteiger partial charge < -0.3 is 5.73 Å². The molecule has 0 aliphatic carbocycles. The van der Waals surface area contributed by atoms with Crippen LogP contribution in [0.4, 0.5) is 5.82 Å². The average molecular weight is 352 g/mol. The van der Waals surface area contributed by atoms with Gasteiger partial charge in [0.05, 0.1) is 15.9 Å². The summed E-state index contributed by atoms with van der Waals surface area (Å²) >= 11 is 5.18. The van der Waals surface area contributed by atoms with E-state index in [0.29, 0.717) is 11.7 Å². The molecular weight excluding hydrogens is 334 g/mol. The highest BCUT2D eigenvalue weighted by atomic mass is 79.9. The Kier molecular flexibility index (Phi) is 5.05. The highest BCUT2D eigenvalue weighted by Gasteiger charge is 2.13. The molecule has 0 aliphatic rings. The molecule has 0 saturated heterocycles. The van der Waals surface area contributed by atoms with Crippen molar-refractivity contribution in [2.24, 2.45) is 0 Å². The molecule has 106 valence electrons. The molecule has 0 radical (unpaired) electrons. The summed E-state index contributed by atoms with van der Waals surface area (Å²) in [7, 11) is 0.